The standard InChI is InChI=1S/C17H20N/c1-4-18(2,3)17-13-9-8-12-16(17)14-15-10-6-5-7-11-15/h4-13H,1,14H2,2-3H3/q+1. The molecule has 0 saturated heterocycles. The summed E-state index contributed by atoms with van der Waals surface area (Å²) in [5.41, 5.74) is 4.00. The van der Waals surface area contributed by atoms with Gasteiger partial charge in [0, 0.05) is 12.0 Å². The van der Waals surface area contributed by atoms with Gasteiger partial charge in [0.15, 0.2) is 0 Å². The Hall–Kier alpha value is -1.86. The van der Waals surface area contributed by atoms with E-state index in [9.17, 15) is 0 Å². The molecule has 1 heteroatoms. The van der Waals surface area contributed by atoms with Crippen LogP contribution in [0.3, 0.4) is 0 Å². The van der Waals surface area contributed by atoms with Gasteiger partial charge in [0.1, 0.15) is 5.69 Å². The van der Waals surface area contributed by atoms with E-state index >= 15 is 0 Å². The maximum atomic E-state index is 3.93. The highest BCUT2D eigenvalue weighted by Gasteiger charge is 2.18. The molecule has 2 rings (SSSR count). The lowest BCUT2D eigenvalue weighted by atomic mass is 10.0. The zero-order chi connectivity index (χ0) is 13.0. The first-order chi connectivity index (χ1) is 8.63. The predicted octanol–water partition coefficient (Wildman–Crippen LogP) is 3.99. The molecule has 0 aliphatic carbocycles. The van der Waals surface area contributed by atoms with Gasteiger partial charge in [-0.05, 0) is 18.2 Å². The molecule has 0 aliphatic heterocycles. The van der Waals surface area contributed by atoms with Crippen LogP contribution in [0.2, 0.25) is 0 Å². The first kappa shape index (κ1) is 12.6. The molecule has 0 heterocycles. The van der Waals surface area contributed by atoms with E-state index in [2.05, 4.69) is 75.3 Å². The molecular formula is C17H20N+. The van der Waals surface area contributed by atoms with Crippen LogP contribution in [0.1, 0.15) is 11.1 Å². The van der Waals surface area contributed by atoms with E-state index in [1.807, 2.05) is 6.20 Å². The molecule has 0 unspecified atom stereocenters. The second-order valence-electron chi connectivity index (χ2n) is 5.01. The molecule has 0 radical (unpaired) electrons. The van der Waals surface area contributed by atoms with E-state index in [4.69, 9.17) is 0 Å². The van der Waals surface area contributed by atoms with Gasteiger partial charge in [-0.2, -0.15) is 0 Å². The Labute approximate surface area is 110 Å². The van der Waals surface area contributed by atoms with Crippen LogP contribution >= 0.6 is 0 Å². The molecule has 0 N–H and O–H groups in total. The van der Waals surface area contributed by atoms with Gasteiger partial charge in [-0.25, -0.2) is 0 Å². The summed E-state index contributed by atoms with van der Waals surface area (Å²) in [6, 6.07) is 19.1. The second kappa shape index (κ2) is 5.19. The van der Waals surface area contributed by atoms with Gasteiger partial charge >= 0.3 is 0 Å². The highest BCUT2D eigenvalue weighted by Crippen LogP contribution is 2.26. The molecule has 0 bridgehead atoms. The van der Waals surface area contributed by atoms with Crippen LogP contribution in [0.5, 0.6) is 0 Å². The summed E-state index contributed by atoms with van der Waals surface area (Å²) in [5, 5.41) is 0. The molecule has 0 atom stereocenters. The monoisotopic (exact) mass is 238 g/mol. The van der Waals surface area contributed by atoms with Crippen molar-refractivity contribution < 1.29 is 0 Å². The SMILES string of the molecule is C=C[N+](C)(C)c1ccccc1Cc1ccccc1. The highest BCUT2D eigenvalue weighted by molar-refractivity contribution is 5.52. The topological polar surface area (TPSA) is 0 Å². The summed E-state index contributed by atoms with van der Waals surface area (Å²) in [4.78, 5) is 0. The Morgan fingerprint density at radius 2 is 1.56 bits per heavy atom. The van der Waals surface area contributed by atoms with E-state index in [0.717, 1.165) is 6.42 Å². The highest BCUT2D eigenvalue weighted by atomic mass is 15.3. The van der Waals surface area contributed by atoms with Crippen LogP contribution in [-0.2, 0) is 6.42 Å². The minimum absolute atomic E-state index is 0.697. The molecule has 0 spiro atoms. The fourth-order valence-electron chi connectivity index (χ4n) is 2.14. The second-order valence-corrected chi connectivity index (χ2v) is 5.01. The molecular weight excluding hydrogens is 218 g/mol. The molecule has 92 valence electrons. The van der Waals surface area contributed by atoms with Crippen LogP contribution in [0, 0.1) is 0 Å². The predicted molar refractivity (Wildman–Crippen MR) is 79.5 cm³/mol. The molecule has 0 aromatic heterocycles. The van der Waals surface area contributed by atoms with Gasteiger partial charge in [0.05, 0.1) is 20.3 Å². The van der Waals surface area contributed by atoms with Crippen LogP contribution in [-0.4, -0.2) is 14.1 Å². The molecule has 18 heavy (non-hydrogen) atoms. The van der Waals surface area contributed by atoms with Crippen LogP contribution in [0.25, 0.3) is 0 Å². The Morgan fingerprint density at radius 1 is 0.944 bits per heavy atom. The smallest absolute Gasteiger partial charge is 0.140 e. The Kier molecular flexibility index (Phi) is 3.63. The van der Waals surface area contributed by atoms with E-state index in [-0.39, 0.29) is 0 Å². The summed E-state index contributed by atoms with van der Waals surface area (Å²) in [5.74, 6) is 0. The number of benzene rings is 2. The maximum Gasteiger partial charge on any atom is 0.140 e. The molecule has 1 nitrogen and oxygen atoms in total. The Balaban J connectivity index is 2.37. The summed E-state index contributed by atoms with van der Waals surface area (Å²) in [6.45, 7) is 3.93. The summed E-state index contributed by atoms with van der Waals surface area (Å²) >= 11 is 0. The first-order valence-electron chi connectivity index (χ1n) is 6.23. The number of hydrogen-bond acceptors (Lipinski definition) is 0. The van der Waals surface area contributed by atoms with Crippen molar-refractivity contribution in [2.75, 3.05) is 14.1 Å². The van der Waals surface area contributed by atoms with Gasteiger partial charge in [0.2, 0.25) is 0 Å². The lowest BCUT2D eigenvalue weighted by Gasteiger charge is -2.26. The lowest BCUT2D eigenvalue weighted by Crippen LogP contribution is -2.34. The molecule has 0 fully saturated rings. The van der Waals surface area contributed by atoms with Crippen molar-refractivity contribution in [3.63, 3.8) is 0 Å². The quantitative estimate of drug-likeness (QED) is 0.707. The van der Waals surface area contributed by atoms with E-state index < -0.39 is 0 Å². The molecule has 0 amide bonds. The van der Waals surface area contributed by atoms with Crippen molar-refractivity contribution in [1.82, 2.24) is 4.48 Å². The number of nitrogens with zero attached hydrogens (tertiary/aromatic N) is 1. The van der Waals surface area contributed by atoms with Crippen molar-refractivity contribution in [2.45, 2.75) is 6.42 Å². The lowest BCUT2D eigenvalue weighted by molar-refractivity contribution is 0.537. The zero-order valence-corrected chi connectivity index (χ0v) is 11.1. The number of rotatable bonds is 4. The Bertz CT molecular complexity index is 526. The van der Waals surface area contributed by atoms with Crippen molar-refractivity contribution in [3.05, 3.63) is 78.5 Å². The average Bonchev–Trinajstić information content (AvgIpc) is 2.40. The zero-order valence-electron chi connectivity index (χ0n) is 11.1. The Morgan fingerprint density at radius 3 is 2.22 bits per heavy atom. The van der Waals surface area contributed by atoms with Crippen molar-refractivity contribution >= 4 is 5.69 Å². The van der Waals surface area contributed by atoms with Crippen molar-refractivity contribution in [2.24, 2.45) is 0 Å². The van der Waals surface area contributed by atoms with Crippen LogP contribution < -0.4 is 4.48 Å². The summed E-state index contributed by atoms with van der Waals surface area (Å²) < 4.78 is 0.697. The van der Waals surface area contributed by atoms with Gasteiger partial charge in [-0.3, -0.25) is 4.48 Å². The summed E-state index contributed by atoms with van der Waals surface area (Å²) in [7, 11) is 4.30. The normalized spacial score (nSPS) is 11.2. The summed E-state index contributed by atoms with van der Waals surface area (Å²) in [6.07, 6.45) is 2.93. The largest absolute Gasteiger partial charge is 0.270 e. The van der Waals surface area contributed by atoms with Crippen LogP contribution in [0.15, 0.2) is 67.4 Å². The number of para-hydroxylation sites is 1. The molecule has 0 aliphatic rings. The van der Waals surface area contributed by atoms with Crippen LogP contribution in [0.4, 0.5) is 5.69 Å². The minimum atomic E-state index is 0.697. The van der Waals surface area contributed by atoms with E-state index in [1.54, 1.807) is 0 Å². The van der Waals surface area contributed by atoms with Crippen molar-refractivity contribution in [1.29, 1.82) is 0 Å². The fraction of sp³-hybridized carbons (Fsp3) is 0.176. The average molecular weight is 238 g/mol. The first-order valence-corrected chi connectivity index (χ1v) is 6.23. The maximum absolute atomic E-state index is 3.93. The van der Waals surface area contributed by atoms with Gasteiger partial charge in [-0.1, -0.05) is 48.5 Å². The molecule has 2 aromatic carbocycles. The van der Waals surface area contributed by atoms with Gasteiger partial charge in [-0.15, -0.1) is 0 Å². The number of hydrogen-bond donors (Lipinski definition) is 0. The minimum Gasteiger partial charge on any atom is -0.270 e. The third-order valence-corrected chi connectivity index (χ3v) is 3.31. The van der Waals surface area contributed by atoms with E-state index in [0.29, 0.717) is 4.48 Å². The van der Waals surface area contributed by atoms with Crippen molar-refractivity contribution in [3.8, 4) is 0 Å². The van der Waals surface area contributed by atoms with Gasteiger partial charge in [0.25, 0.3) is 0 Å². The van der Waals surface area contributed by atoms with E-state index in [1.165, 1.54) is 16.8 Å². The third-order valence-electron chi connectivity index (χ3n) is 3.31. The van der Waals surface area contributed by atoms with Gasteiger partial charge < -0.3 is 0 Å². The fourth-order valence-corrected chi connectivity index (χ4v) is 2.14. The third kappa shape index (κ3) is 2.69. The number of quaternary nitrogens is 1. The molecule has 2 aromatic rings. The molecule has 0 saturated carbocycles.